The first-order valence-corrected chi connectivity index (χ1v) is 10.3. The third-order valence-corrected chi connectivity index (χ3v) is 5.60. The fourth-order valence-corrected chi connectivity index (χ4v) is 3.91. The number of piperidine rings is 1. The van der Waals surface area contributed by atoms with Crippen molar-refractivity contribution in [3.8, 4) is 11.1 Å². The van der Waals surface area contributed by atoms with Gasteiger partial charge in [-0.25, -0.2) is 4.98 Å². The third-order valence-electron chi connectivity index (χ3n) is 5.60. The number of fused-ring (bicyclic) bond motifs is 2. The van der Waals surface area contributed by atoms with Gasteiger partial charge in [-0.15, -0.1) is 0 Å². The molecule has 0 spiro atoms. The number of nitrogens with one attached hydrogen (secondary N) is 1. The van der Waals surface area contributed by atoms with Crippen LogP contribution in [0.4, 0.5) is 6.01 Å². The van der Waals surface area contributed by atoms with E-state index in [4.69, 9.17) is 10.2 Å². The second kappa shape index (κ2) is 7.46. The second-order valence-electron chi connectivity index (χ2n) is 7.65. The van der Waals surface area contributed by atoms with Gasteiger partial charge >= 0.3 is 0 Å². The molecule has 1 aliphatic heterocycles. The molecule has 0 aliphatic carbocycles. The van der Waals surface area contributed by atoms with E-state index < -0.39 is 0 Å². The topological polar surface area (TPSA) is 102 Å². The molecule has 4 heterocycles. The largest absolute Gasteiger partial charge is 0.424 e. The van der Waals surface area contributed by atoms with E-state index in [1.165, 1.54) is 0 Å². The van der Waals surface area contributed by atoms with Gasteiger partial charge in [-0.05, 0) is 55.2 Å². The smallest absolute Gasteiger partial charge is 0.295 e. The summed E-state index contributed by atoms with van der Waals surface area (Å²) in [6.45, 7) is 4.11. The monoisotopic (exact) mass is 404 g/mol. The van der Waals surface area contributed by atoms with Crippen molar-refractivity contribution in [1.29, 1.82) is 0 Å². The molecule has 0 bridgehead atoms. The number of nitrogens with zero attached hydrogens (tertiary/aromatic N) is 4. The minimum Gasteiger partial charge on any atom is -0.424 e. The Labute approximate surface area is 173 Å². The highest BCUT2D eigenvalue weighted by Gasteiger charge is 2.24. The Bertz CT molecular complexity index is 1220. The van der Waals surface area contributed by atoms with E-state index in [0.29, 0.717) is 24.8 Å². The molecule has 0 radical (unpaired) electrons. The molecule has 0 atom stereocenters. The van der Waals surface area contributed by atoms with Crippen molar-refractivity contribution in [2.45, 2.75) is 25.8 Å². The lowest BCUT2D eigenvalue weighted by Crippen LogP contribution is -2.43. The van der Waals surface area contributed by atoms with E-state index >= 15 is 0 Å². The molecule has 154 valence electrons. The third kappa shape index (κ3) is 3.29. The molecule has 5 rings (SSSR count). The molecule has 1 aliphatic rings. The van der Waals surface area contributed by atoms with Crippen molar-refractivity contribution in [1.82, 2.24) is 19.3 Å². The number of likely N-dealkylation sites (tertiary alicyclic amines) is 1. The zero-order valence-electron chi connectivity index (χ0n) is 16.8. The number of hydrogen-bond donors (Lipinski definition) is 2. The summed E-state index contributed by atoms with van der Waals surface area (Å²) in [5.74, 6) is -0.00575. The summed E-state index contributed by atoms with van der Waals surface area (Å²) in [5, 5.41) is 3.09. The van der Waals surface area contributed by atoms with Gasteiger partial charge in [-0.2, -0.15) is 4.98 Å². The Kier molecular flexibility index (Phi) is 4.63. The van der Waals surface area contributed by atoms with Gasteiger partial charge in [0.25, 0.3) is 11.9 Å². The predicted molar refractivity (Wildman–Crippen MR) is 115 cm³/mol. The van der Waals surface area contributed by atoms with E-state index in [-0.39, 0.29) is 11.9 Å². The van der Waals surface area contributed by atoms with Crippen LogP contribution in [0.3, 0.4) is 0 Å². The maximum Gasteiger partial charge on any atom is 0.295 e. The molecule has 0 saturated carbocycles. The number of benzene rings is 1. The van der Waals surface area contributed by atoms with Gasteiger partial charge in [0.15, 0.2) is 5.58 Å². The number of anilines is 1. The standard InChI is InChI=1S/C22H24N6O2/c1-2-24-22-26-17-11-14(3-5-19(17)30-22)15-4-6-20-25-12-18(28(20)13-15)21(29)27-9-7-16(23)8-10-27/h3-6,11-13,16H,2,7-10,23H2,1H3,(H,24,26). The molecule has 3 aromatic heterocycles. The quantitative estimate of drug-likeness (QED) is 0.542. The molecule has 30 heavy (non-hydrogen) atoms. The van der Waals surface area contributed by atoms with Crippen LogP contribution >= 0.6 is 0 Å². The fraction of sp³-hybridized carbons (Fsp3) is 0.318. The molecule has 8 nitrogen and oxygen atoms in total. The number of amides is 1. The van der Waals surface area contributed by atoms with Crippen molar-refractivity contribution in [2.24, 2.45) is 5.73 Å². The molecule has 1 aromatic carbocycles. The van der Waals surface area contributed by atoms with Crippen LogP contribution in [0.5, 0.6) is 0 Å². The summed E-state index contributed by atoms with van der Waals surface area (Å²) >= 11 is 0. The Hall–Kier alpha value is -3.39. The van der Waals surface area contributed by atoms with Crippen LogP contribution in [0.15, 0.2) is 47.1 Å². The SMILES string of the molecule is CCNc1nc2cc(-c3ccc4ncc(C(=O)N5CCC(N)CC5)n4c3)ccc2o1. The number of carbonyl (C=O) groups is 1. The highest BCUT2D eigenvalue weighted by molar-refractivity contribution is 5.93. The lowest BCUT2D eigenvalue weighted by molar-refractivity contribution is 0.0707. The van der Waals surface area contributed by atoms with Gasteiger partial charge < -0.3 is 20.4 Å². The number of imidazole rings is 1. The van der Waals surface area contributed by atoms with Crippen LogP contribution in [0.1, 0.15) is 30.3 Å². The molecule has 1 fully saturated rings. The van der Waals surface area contributed by atoms with Gasteiger partial charge in [0, 0.05) is 31.9 Å². The summed E-state index contributed by atoms with van der Waals surface area (Å²) < 4.78 is 7.55. The summed E-state index contributed by atoms with van der Waals surface area (Å²) in [4.78, 5) is 23.8. The van der Waals surface area contributed by atoms with Gasteiger partial charge in [-0.1, -0.05) is 6.07 Å². The fourth-order valence-electron chi connectivity index (χ4n) is 3.91. The first-order valence-electron chi connectivity index (χ1n) is 10.3. The maximum absolute atomic E-state index is 13.1. The number of nitrogens with two attached hydrogens (primary N) is 1. The lowest BCUT2D eigenvalue weighted by Gasteiger charge is -2.29. The molecular formula is C22H24N6O2. The average Bonchev–Trinajstić information content (AvgIpc) is 3.36. The van der Waals surface area contributed by atoms with Crippen LogP contribution in [0, 0.1) is 0 Å². The normalized spacial score (nSPS) is 15.2. The first-order chi connectivity index (χ1) is 14.6. The first kappa shape index (κ1) is 18.6. The van der Waals surface area contributed by atoms with Crippen molar-refractivity contribution >= 4 is 28.7 Å². The highest BCUT2D eigenvalue weighted by Crippen LogP contribution is 2.27. The molecule has 3 N–H and O–H groups in total. The van der Waals surface area contributed by atoms with Crippen molar-refractivity contribution in [3.63, 3.8) is 0 Å². The van der Waals surface area contributed by atoms with Crippen LogP contribution < -0.4 is 11.1 Å². The maximum atomic E-state index is 13.1. The number of carbonyl (C=O) groups excluding carboxylic acids is 1. The van der Waals surface area contributed by atoms with E-state index in [2.05, 4.69) is 15.3 Å². The molecule has 0 unspecified atom stereocenters. The minimum absolute atomic E-state index is 0.00575. The highest BCUT2D eigenvalue weighted by atomic mass is 16.4. The number of rotatable bonds is 4. The van der Waals surface area contributed by atoms with Gasteiger partial charge in [0.05, 0.1) is 6.20 Å². The van der Waals surface area contributed by atoms with Gasteiger partial charge in [-0.3, -0.25) is 9.20 Å². The Morgan fingerprint density at radius 3 is 2.83 bits per heavy atom. The van der Waals surface area contributed by atoms with E-state index in [1.54, 1.807) is 6.20 Å². The summed E-state index contributed by atoms with van der Waals surface area (Å²) in [6.07, 6.45) is 5.28. The minimum atomic E-state index is -0.00575. The second-order valence-corrected chi connectivity index (χ2v) is 7.65. The summed E-state index contributed by atoms with van der Waals surface area (Å²) in [6, 6.07) is 10.5. The molecule has 4 aromatic rings. The van der Waals surface area contributed by atoms with Crippen LogP contribution in [0.2, 0.25) is 0 Å². The Morgan fingerprint density at radius 1 is 1.23 bits per heavy atom. The van der Waals surface area contributed by atoms with Crippen LogP contribution in [0.25, 0.3) is 27.9 Å². The lowest BCUT2D eigenvalue weighted by atomic mass is 10.1. The van der Waals surface area contributed by atoms with Crippen molar-refractivity contribution in [2.75, 3.05) is 25.0 Å². The Morgan fingerprint density at radius 2 is 2.03 bits per heavy atom. The summed E-state index contributed by atoms with van der Waals surface area (Å²) in [5.41, 5.74) is 10.8. The molecule has 1 amide bonds. The number of oxazole rings is 1. The van der Waals surface area contributed by atoms with Crippen LogP contribution in [-0.2, 0) is 0 Å². The van der Waals surface area contributed by atoms with Gasteiger partial charge in [0.2, 0.25) is 0 Å². The van der Waals surface area contributed by atoms with Gasteiger partial charge in [0.1, 0.15) is 16.9 Å². The Balaban J connectivity index is 1.49. The number of pyridine rings is 1. The predicted octanol–water partition coefficient (Wildman–Crippen LogP) is 3.14. The zero-order chi connectivity index (χ0) is 20.7. The van der Waals surface area contributed by atoms with E-state index in [9.17, 15) is 4.79 Å². The van der Waals surface area contributed by atoms with Crippen molar-refractivity contribution in [3.05, 3.63) is 48.4 Å². The molecule has 1 saturated heterocycles. The number of hydrogen-bond acceptors (Lipinski definition) is 6. The average molecular weight is 404 g/mol. The number of aromatic nitrogens is 3. The summed E-state index contributed by atoms with van der Waals surface area (Å²) in [7, 11) is 0. The zero-order valence-corrected chi connectivity index (χ0v) is 16.8. The van der Waals surface area contributed by atoms with E-state index in [1.807, 2.05) is 52.8 Å². The molecular weight excluding hydrogens is 380 g/mol. The van der Waals surface area contributed by atoms with E-state index in [0.717, 1.165) is 47.3 Å². The molecule has 8 heteroatoms. The van der Waals surface area contributed by atoms with Crippen LogP contribution in [-0.4, -0.2) is 50.9 Å². The van der Waals surface area contributed by atoms with Crippen molar-refractivity contribution < 1.29 is 9.21 Å².